The lowest BCUT2D eigenvalue weighted by Crippen LogP contribution is -2.43. The summed E-state index contributed by atoms with van der Waals surface area (Å²) in [5.74, 6) is -1.45. The molecule has 1 heterocycles. The van der Waals surface area contributed by atoms with Crippen LogP contribution in [0.2, 0.25) is 10.0 Å². The maximum absolute atomic E-state index is 13.7. The van der Waals surface area contributed by atoms with Gasteiger partial charge in [-0.2, -0.15) is 13.2 Å². The SMILES string of the molecule is COC(=O)C(Cc1ccc(-c2c(C(F)(F)F)cc(C)n(C)c2=O)cc1)NC(=O)c1c(Cl)cccc1Cl. The molecule has 0 aliphatic rings. The molecule has 0 saturated heterocycles. The predicted octanol–water partition coefficient (Wildman–Crippen LogP) is 5.20. The fraction of sp³-hybridized carbons (Fsp3) is 0.240. The van der Waals surface area contributed by atoms with Gasteiger partial charge in [0.2, 0.25) is 0 Å². The second kappa shape index (κ2) is 10.8. The van der Waals surface area contributed by atoms with Crippen LogP contribution in [0.1, 0.15) is 27.2 Å². The van der Waals surface area contributed by atoms with Crippen molar-refractivity contribution in [3.05, 3.63) is 91.3 Å². The Hall–Kier alpha value is -3.30. The number of hydrogen-bond acceptors (Lipinski definition) is 4. The maximum Gasteiger partial charge on any atom is 0.417 e. The molecule has 0 aliphatic heterocycles. The largest absolute Gasteiger partial charge is 0.467 e. The number of esters is 1. The van der Waals surface area contributed by atoms with Crippen molar-refractivity contribution in [2.75, 3.05) is 7.11 Å². The molecule has 1 N–H and O–H groups in total. The van der Waals surface area contributed by atoms with Crippen molar-refractivity contribution in [2.24, 2.45) is 7.05 Å². The second-order valence-electron chi connectivity index (χ2n) is 7.98. The van der Waals surface area contributed by atoms with Crippen LogP contribution in [0, 0.1) is 6.92 Å². The zero-order valence-electron chi connectivity index (χ0n) is 19.4. The number of rotatable bonds is 6. The number of alkyl halides is 3. The molecule has 36 heavy (non-hydrogen) atoms. The molecule has 1 amide bonds. The smallest absolute Gasteiger partial charge is 0.417 e. The van der Waals surface area contributed by atoms with E-state index in [4.69, 9.17) is 27.9 Å². The quantitative estimate of drug-likeness (QED) is 0.436. The van der Waals surface area contributed by atoms with Crippen molar-refractivity contribution in [1.29, 1.82) is 0 Å². The number of benzene rings is 2. The highest BCUT2D eigenvalue weighted by molar-refractivity contribution is 6.39. The van der Waals surface area contributed by atoms with Gasteiger partial charge >= 0.3 is 12.1 Å². The molecule has 0 saturated carbocycles. The summed E-state index contributed by atoms with van der Waals surface area (Å²) in [6.45, 7) is 1.42. The number of carbonyl (C=O) groups excluding carboxylic acids is 2. The van der Waals surface area contributed by atoms with E-state index in [-0.39, 0.29) is 33.3 Å². The Bertz CT molecular complexity index is 1350. The van der Waals surface area contributed by atoms with E-state index in [9.17, 15) is 27.6 Å². The monoisotopic (exact) mass is 540 g/mol. The second-order valence-corrected chi connectivity index (χ2v) is 8.80. The van der Waals surface area contributed by atoms with Gasteiger partial charge in [0, 0.05) is 19.2 Å². The topological polar surface area (TPSA) is 77.4 Å². The Morgan fingerprint density at radius 2 is 1.67 bits per heavy atom. The third-order valence-corrected chi connectivity index (χ3v) is 6.27. The van der Waals surface area contributed by atoms with Crippen LogP contribution in [0.3, 0.4) is 0 Å². The van der Waals surface area contributed by atoms with Crippen LogP contribution in [-0.2, 0) is 29.2 Å². The summed E-state index contributed by atoms with van der Waals surface area (Å²) in [6, 6.07) is 9.95. The number of amides is 1. The molecule has 0 radical (unpaired) electrons. The van der Waals surface area contributed by atoms with Crippen molar-refractivity contribution in [2.45, 2.75) is 25.6 Å². The summed E-state index contributed by atoms with van der Waals surface area (Å²) in [6.07, 6.45) is -4.77. The number of aryl methyl sites for hydroxylation is 1. The molecule has 3 aromatic rings. The van der Waals surface area contributed by atoms with Gasteiger partial charge in [0.05, 0.1) is 33.8 Å². The minimum absolute atomic E-state index is 0.0139. The Labute approximate surface area is 214 Å². The van der Waals surface area contributed by atoms with E-state index in [0.717, 1.165) is 17.7 Å². The summed E-state index contributed by atoms with van der Waals surface area (Å²) in [5.41, 5.74) is -1.58. The fourth-order valence-corrected chi connectivity index (χ4v) is 4.22. The van der Waals surface area contributed by atoms with Crippen molar-refractivity contribution in [3.8, 4) is 11.1 Å². The average molecular weight is 541 g/mol. The average Bonchev–Trinajstić information content (AvgIpc) is 2.81. The van der Waals surface area contributed by atoms with Crippen molar-refractivity contribution in [1.82, 2.24) is 9.88 Å². The van der Waals surface area contributed by atoms with Crippen LogP contribution in [0.25, 0.3) is 11.1 Å². The van der Waals surface area contributed by atoms with Crippen LogP contribution < -0.4 is 10.9 Å². The molecule has 0 fully saturated rings. The molecule has 0 spiro atoms. The van der Waals surface area contributed by atoms with Crippen LogP contribution in [0.4, 0.5) is 13.2 Å². The Morgan fingerprint density at radius 3 is 2.19 bits per heavy atom. The molecule has 2 aromatic carbocycles. The van der Waals surface area contributed by atoms with Crippen molar-refractivity contribution in [3.63, 3.8) is 0 Å². The number of hydrogen-bond donors (Lipinski definition) is 1. The zero-order chi connectivity index (χ0) is 26.8. The van der Waals surface area contributed by atoms with Gasteiger partial charge in [0.25, 0.3) is 11.5 Å². The third-order valence-electron chi connectivity index (χ3n) is 5.64. The molecule has 1 atom stereocenters. The number of ether oxygens (including phenoxy) is 1. The highest BCUT2D eigenvalue weighted by Crippen LogP contribution is 2.36. The lowest BCUT2D eigenvalue weighted by atomic mass is 9.97. The minimum atomic E-state index is -4.73. The van der Waals surface area contributed by atoms with Crippen LogP contribution in [0.5, 0.6) is 0 Å². The van der Waals surface area contributed by atoms with E-state index >= 15 is 0 Å². The molecule has 11 heteroatoms. The van der Waals surface area contributed by atoms with Crippen LogP contribution in [0.15, 0.2) is 53.3 Å². The minimum Gasteiger partial charge on any atom is -0.467 e. The first kappa shape index (κ1) is 27.3. The lowest BCUT2D eigenvalue weighted by Gasteiger charge is -2.18. The number of nitrogens with one attached hydrogen (secondary N) is 1. The first-order chi connectivity index (χ1) is 16.8. The van der Waals surface area contributed by atoms with Gasteiger partial charge in [-0.3, -0.25) is 9.59 Å². The number of carbonyl (C=O) groups is 2. The van der Waals surface area contributed by atoms with Gasteiger partial charge in [0.15, 0.2) is 0 Å². The first-order valence-electron chi connectivity index (χ1n) is 10.5. The molecule has 3 rings (SSSR count). The van der Waals surface area contributed by atoms with Crippen molar-refractivity contribution >= 4 is 35.1 Å². The van der Waals surface area contributed by atoms with Gasteiger partial charge in [-0.1, -0.05) is 53.5 Å². The molecule has 1 aromatic heterocycles. The van der Waals surface area contributed by atoms with E-state index in [0.29, 0.717) is 5.56 Å². The van der Waals surface area contributed by atoms with Gasteiger partial charge in [-0.25, -0.2) is 4.79 Å². The van der Waals surface area contributed by atoms with Crippen molar-refractivity contribution < 1.29 is 27.5 Å². The number of pyridine rings is 1. The summed E-state index contributed by atoms with van der Waals surface area (Å²) >= 11 is 12.1. The van der Waals surface area contributed by atoms with Gasteiger partial charge < -0.3 is 14.6 Å². The zero-order valence-corrected chi connectivity index (χ0v) is 20.9. The van der Waals surface area contributed by atoms with Gasteiger partial charge in [-0.15, -0.1) is 0 Å². The molecule has 0 aliphatic carbocycles. The molecular formula is C25H21Cl2F3N2O4. The summed E-state index contributed by atoms with van der Waals surface area (Å²) in [5, 5.41) is 2.71. The number of halogens is 5. The number of methoxy groups -OCH3 is 1. The number of aromatic nitrogens is 1. The third kappa shape index (κ3) is 5.74. The maximum atomic E-state index is 13.7. The fourth-order valence-electron chi connectivity index (χ4n) is 3.65. The molecule has 0 bridgehead atoms. The number of nitrogens with zero attached hydrogens (tertiary/aromatic N) is 1. The summed E-state index contributed by atoms with van der Waals surface area (Å²) < 4.78 is 46.9. The highest BCUT2D eigenvalue weighted by atomic mass is 35.5. The van der Waals surface area contributed by atoms with E-state index in [2.05, 4.69) is 5.32 Å². The Morgan fingerprint density at radius 1 is 1.08 bits per heavy atom. The lowest BCUT2D eigenvalue weighted by molar-refractivity contribution is -0.143. The molecule has 1 unspecified atom stereocenters. The summed E-state index contributed by atoms with van der Waals surface area (Å²) in [7, 11) is 2.55. The standard InChI is InChI=1S/C25H21Cl2F3N2O4/c1-13-11-16(25(28,29)30)20(23(34)32(13)2)15-9-7-14(8-10-15)12-19(24(35)36-3)31-22(33)21-17(26)5-4-6-18(21)27/h4-11,19H,12H2,1-3H3,(H,31,33). The molecular weight excluding hydrogens is 520 g/mol. The Kier molecular flexibility index (Phi) is 8.15. The Balaban J connectivity index is 1.92. The van der Waals surface area contributed by atoms with Crippen LogP contribution in [-0.4, -0.2) is 29.6 Å². The first-order valence-corrected chi connectivity index (χ1v) is 11.3. The molecule has 6 nitrogen and oxygen atoms in total. The normalized spacial score (nSPS) is 12.2. The van der Waals surface area contributed by atoms with Gasteiger partial charge in [-0.05, 0) is 36.2 Å². The van der Waals surface area contributed by atoms with E-state index in [1.165, 1.54) is 50.4 Å². The summed E-state index contributed by atoms with van der Waals surface area (Å²) in [4.78, 5) is 37.8. The highest BCUT2D eigenvalue weighted by Gasteiger charge is 2.36. The van der Waals surface area contributed by atoms with Crippen LogP contribution >= 0.6 is 23.2 Å². The van der Waals surface area contributed by atoms with Gasteiger partial charge in [0.1, 0.15) is 6.04 Å². The molecule has 190 valence electrons. The van der Waals surface area contributed by atoms with E-state index in [1.54, 1.807) is 6.07 Å². The predicted molar refractivity (Wildman–Crippen MR) is 130 cm³/mol. The van der Waals surface area contributed by atoms with E-state index in [1.807, 2.05) is 0 Å². The van der Waals surface area contributed by atoms with E-state index < -0.39 is 40.8 Å².